The fraction of sp³-hybridized carbons (Fsp3) is 0.526. The minimum atomic E-state index is -0.0656. The summed E-state index contributed by atoms with van der Waals surface area (Å²) >= 11 is 1.27. The van der Waals surface area contributed by atoms with Gasteiger partial charge in [-0.25, -0.2) is 4.98 Å². The Labute approximate surface area is 157 Å². The molecule has 2 aromatic heterocycles. The molecule has 0 atom stereocenters. The maximum absolute atomic E-state index is 13.1. The number of carbonyl (C=O) groups excluding carboxylic acids is 1. The fourth-order valence-corrected chi connectivity index (χ4v) is 4.95. The quantitative estimate of drug-likeness (QED) is 0.851. The Balaban J connectivity index is 2.11. The molecule has 0 radical (unpaired) electrons. The molecule has 1 amide bonds. The van der Waals surface area contributed by atoms with Gasteiger partial charge < -0.3 is 16.4 Å². The largest absolute Gasteiger partial charge is 0.397 e. The van der Waals surface area contributed by atoms with Crippen LogP contribution in [0.15, 0.2) is 0 Å². The number of hydrogen-bond donors (Lipinski definition) is 2. The number of hydrogen-bond acceptors (Lipinski definition) is 6. The van der Waals surface area contributed by atoms with Crippen molar-refractivity contribution in [3.05, 3.63) is 16.0 Å². The van der Waals surface area contributed by atoms with Gasteiger partial charge in [0.2, 0.25) is 0 Å². The SMILES string of the molecule is CC(C)c1c(C#N)c(N)nc2sc(C(=O)N(C)C3CCCCC3)c(N)c12. The van der Waals surface area contributed by atoms with Crippen LogP contribution < -0.4 is 11.5 Å². The lowest BCUT2D eigenvalue weighted by molar-refractivity contribution is 0.0702. The Morgan fingerprint density at radius 1 is 1.31 bits per heavy atom. The first kappa shape index (κ1) is 18.5. The Morgan fingerprint density at radius 3 is 2.54 bits per heavy atom. The van der Waals surface area contributed by atoms with Crippen LogP contribution in [0, 0.1) is 11.3 Å². The normalized spacial score (nSPS) is 15.3. The highest BCUT2D eigenvalue weighted by Crippen LogP contribution is 2.41. The van der Waals surface area contributed by atoms with Crippen molar-refractivity contribution in [2.75, 3.05) is 18.5 Å². The van der Waals surface area contributed by atoms with Gasteiger partial charge in [0.15, 0.2) is 0 Å². The van der Waals surface area contributed by atoms with Crippen LogP contribution >= 0.6 is 11.3 Å². The van der Waals surface area contributed by atoms with Gasteiger partial charge in [-0.15, -0.1) is 11.3 Å². The molecule has 1 aliphatic carbocycles. The van der Waals surface area contributed by atoms with E-state index in [1.165, 1.54) is 17.8 Å². The van der Waals surface area contributed by atoms with Crippen molar-refractivity contribution < 1.29 is 4.79 Å². The van der Waals surface area contributed by atoms with Gasteiger partial charge >= 0.3 is 0 Å². The predicted molar refractivity (Wildman–Crippen MR) is 106 cm³/mol. The molecule has 0 spiro atoms. The molecule has 7 heteroatoms. The number of fused-ring (bicyclic) bond motifs is 1. The van der Waals surface area contributed by atoms with Crippen LogP contribution in [-0.4, -0.2) is 28.9 Å². The van der Waals surface area contributed by atoms with Crippen molar-refractivity contribution in [1.29, 1.82) is 5.26 Å². The number of nitrogen functional groups attached to an aromatic ring is 2. The Bertz CT molecular complexity index is 890. The van der Waals surface area contributed by atoms with E-state index in [1.807, 2.05) is 25.8 Å². The number of aromatic nitrogens is 1. The Kier molecular flexibility index (Phi) is 5.05. The summed E-state index contributed by atoms with van der Waals surface area (Å²) in [4.78, 5) is 20.4. The summed E-state index contributed by atoms with van der Waals surface area (Å²) in [6.45, 7) is 3.98. The van der Waals surface area contributed by atoms with Gasteiger partial charge in [-0.1, -0.05) is 33.1 Å². The van der Waals surface area contributed by atoms with Crippen molar-refractivity contribution >= 4 is 39.0 Å². The third-order valence-electron chi connectivity index (χ3n) is 5.27. The fourth-order valence-electron chi connectivity index (χ4n) is 3.85. The first-order valence-electron chi connectivity index (χ1n) is 9.05. The zero-order valence-corrected chi connectivity index (χ0v) is 16.3. The molecule has 6 nitrogen and oxygen atoms in total. The second-order valence-electron chi connectivity index (χ2n) is 7.29. The molecule has 2 aromatic rings. The molecule has 2 heterocycles. The second-order valence-corrected chi connectivity index (χ2v) is 8.28. The van der Waals surface area contributed by atoms with Crippen molar-refractivity contribution in [3.63, 3.8) is 0 Å². The van der Waals surface area contributed by atoms with E-state index in [4.69, 9.17) is 11.5 Å². The highest BCUT2D eigenvalue weighted by atomic mass is 32.1. The summed E-state index contributed by atoms with van der Waals surface area (Å²) in [5.74, 6) is 0.183. The molecule has 1 fully saturated rings. The predicted octanol–water partition coefficient (Wildman–Crippen LogP) is 3.86. The number of nitriles is 1. The van der Waals surface area contributed by atoms with E-state index in [0.29, 0.717) is 26.3 Å². The maximum atomic E-state index is 13.1. The molecule has 0 unspecified atom stereocenters. The summed E-state index contributed by atoms with van der Waals surface area (Å²) < 4.78 is 0. The van der Waals surface area contributed by atoms with Crippen LogP contribution in [-0.2, 0) is 0 Å². The molecule has 26 heavy (non-hydrogen) atoms. The van der Waals surface area contributed by atoms with Gasteiger partial charge in [0.05, 0.1) is 11.3 Å². The summed E-state index contributed by atoms with van der Waals surface area (Å²) in [7, 11) is 1.86. The van der Waals surface area contributed by atoms with Gasteiger partial charge in [0.25, 0.3) is 5.91 Å². The lowest BCUT2D eigenvalue weighted by Gasteiger charge is -2.31. The molecule has 1 aliphatic rings. The minimum absolute atomic E-state index is 0.0494. The van der Waals surface area contributed by atoms with Gasteiger partial charge in [-0.2, -0.15) is 5.26 Å². The third-order valence-corrected chi connectivity index (χ3v) is 6.36. The van der Waals surface area contributed by atoms with E-state index in [9.17, 15) is 10.1 Å². The number of rotatable bonds is 3. The number of thiophene rings is 1. The molecule has 4 N–H and O–H groups in total. The van der Waals surface area contributed by atoms with Gasteiger partial charge in [-0.05, 0) is 24.3 Å². The van der Waals surface area contributed by atoms with Crippen molar-refractivity contribution in [3.8, 4) is 6.07 Å². The average Bonchev–Trinajstić information content (AvgIpc) is 2.95. The molecule has 0 aliphatic heterocycles. The van der Waals surface area contributed by atoms with Crippen LogP contribution in [0.25, 0.3) is 10.2 Å². The molecule has 138 valence electrons. The van der Waals surface area contributed by atoms with Crippen LogP contribution in [0.2, 0.25) is 0 Å². The number of pyridine rings is 1. The van der Waals surface area contributed by atoms with Crippen LogP contribution in [0.3, 0.4) is 0 Å². The number of amides is 1. The standard InChI is InChI=1S/C19H25N5OS/c1-10(2)13-12(9-20)17(22)23-18-14(13)15(21)16(26-18)19(25)24(3)11-7-5-4-6-8-11/h10-11H,4-8,21H2,1-3H3,(H2,22,23). The number of nitrogens with zero attached hydrogens (tertiary/aromatic N) is 3. The summed E-state index contributed by atoms with van der Waals surface area (Å²) in [6.07, 6.45) is 5.63. The second kappa shape index (κ2) is 7.12. The molecule has 0 saturated heterocycles. The molecule has 3 rings (SSSR count). The van der Waals surface area contributed by atoms with E-state index < -0.39 is 0 Å². The van der Waals surface area contributed by atoms with E-state index in [2.05, 4.69) is 11.1 Å². The number of anilines is 2. The summed E-state index contributed by atoms with van der Waals surface area (Å²) in [6, 6.07) is 2.41. The average molecular weight is 372 g/mol. The van der Waals surface area contributed by atoms with Crippen molar-refractivity contribution in [2.24, 2.45) is 0 Å². The van der Waals surface area contributed by atoms with E-state index in [-0.39, 0.29) is 23.7 Å². The van der Waals surface area contributed by atoms with E-state index in [0.717, 1.165) is 31.2 Å². The Morgan fingerprint density at radius 2 is 1.96 bits per heavy atom. The van der Waals surface area contributed by atoms with Crippen LogP contribution in [0.5, 0.6) is 0 Å². The summed E-state index contributed by atoms with van der Waals surface area (Å²) in [5.41, 5.74) is 13.9. The minimum Gasteiger partial charge on any atom is -0.397 e. The van der Waals surface area contributed by atoms with Crippen molar-refractivity contribution in [1.82, 2.24) is 9.88 Å². The zero-order valence-electron chi connectivity index (χ0n) is 15.5. The number of carbonyl (C=O) groups is 1. The highest BCUT2D eigenvalue weighted by Gasteiger charge is 2.29. The lowest BCUT2D eigenvalue weighted by Crippen LogP contribution is -2.38. The van der Waals surface area contributed by atoms with Crippen LogP contribution in [0.4, 0.5) is 11.5 Å². The molecule has 0 bridgehead atoms. The topological polar surface area (TPSA) is 109 Å². The molecular formula is C19H25N5OS. The molecule has 1 saturated carbocycles. The molecular weight excluding hydrogens is 346 g/mol. The zero-order chi connectivity index (χ0) is 19.0. The van der Waals surface area contributed by atoms with E-state index >= 15 is 0 Å². The maximum Gasteiger partial charge on any atom is 0.266 e. The smallest absolute Gasteiger partial charge is 0.266 e. The van der Waals surface area contributed by atoms with Gasteiger partial charge in [-0.3, -0.25) is 4.79 Å². The van der Waals surface area contributed by atoms with Crippen molar-refractivity contribution in [2.45, 2.75) is 57.9 Å². The van der Waals surface area contributed by atoms with E-state index in [1.54, 1.807) is 0 Å². The number of nitrogens with two attached hydrogens (primary N) is 2. The summed E-state index contributed by atoms with van der Waals surface area (Å²) in [5, 5.41) is 10.2. The Hall–Kier alpha value is -2.33. The molecule has 0 aromatic carbocycles. The first-order chi connectivity index (χ1) is 12.4. The monoisotopic (exact) mass is 371 g/mol. The highest BCUT2D eigenvalue weighted by molar-refractivity contribution is 7.21. The lowest BCUT2D eigenvalue weighted by atomic mass is 9.94. The first-order valence-corrected chi connectivity index (χ1v) is 9.87. The van der Waals surface area contributed by atoms with Gasteiger partial charge in [0, 0.05) is 18.5 Å². The third kappa shape index (κ3) is 2.99. The van der Waals surface area contributed by atoms with Gasteiger partial charge in [0.1, 0.15) is 21.6 Å². The van der Waals surface area contributed by atoms with Crippen LogP contribution in [0.1, 0.15) is 72.7 Å².